The molecule has 0 aliphatic heterocycles. The Kier molecular flexibility index (Phi) is 4.53. The topological polar surface area (TPSA) is 58.7 Å². The van der Waals surface area contributed by atoms with Crippen molar-refractivity contribution in [2.24, 2.45) is 0 Å². The molecule has 2 atom stereocenters. The summed E-state index contributed by atoms with van der Waals surface area (Å²) in [5, 5.41) is 10.1. The average Bonchev–Trinajstić information content (AvgIpc) is 2.41. The van der Waals surface area contributed by atoms with Crippen LogP contribution in [0.25, 0.3) is 0 Å². The van der Waals surface area contributed by atoms with E-state index in [4.69, 9.17) is 10.5 Å². The van der Waals surface area contributed by atoms with Crippen LogP contribution in [-0.2, 0) is 0 Å². The lowest BCUT2D eigenvalue weighted by molar-refractivity contribution is 0.106. The van der Waals surface area contributed by atoms with Crippen molar-refractivity contribution in [3.05, 3.63) is 18.2 Å². The maximum Gasteiger partial charge on any atom is 0.144 e. The van der Waals surface area contributed by atoms with Crippen LogP contribution in [0.15, 0.2) is 18.2 Å². The largest absolute Gasteiger partial charge is 0.492 e. The second kappa shape index (κ2) is 6.15. The Labute approximate surface area is 115 Å². The van der Waals surface area contributed by atoms with Crippen LogP contribution in [-0.4, -0.2) is 30.9 Å². The summed E-state index contributed by atoms with van der Waals surface area (Å²) in [5.41, 5.74) is 7.59. The predicted octanol–water partition coefficient (Wildman–Crippen LogP) is 2.41. The van der Waals surface area contributed by atoms with E-state index in [0.717, 1.165) is 30.7 Å². The van der Waals surface area contributed by atoms with Crippen LogP contribution in [0.3, 0.4) is 0 Å². The maximum absolute atomic E-state index is 10.1. The van der Waals surface area contributed by atoms with Gasteiger partial charge in [0.2, 0.25) is 0 Å². The Morgan fingerprint density at radius 3 is 2.79 bits per heavy atom. The lowest BCUT2D eigenvalue weighted by Crippen LogP contribution is -2.43. The van der Waals surface area contributed by atoms with Crippen molar-refractivity contribution in [1.29, 1.82) is 0 Å². The summed E-state index contributed by atoms with van der Waals surface area (Å²) in [6.07, 6.45) is 3.98. The van der Waals surface area contributed by atoms with E-state index in [-0.39, 0.29) is 12.1 Å². The van der Waals surface area contributed by atoms with Crippen LogP contribution in [0.4, 0.5) is 11.4 Å². The minimum atomic E-state index is -0.244. The lowest BCUT2D eigenvalue weighted by atomic mass is 9.91. The monoisotopic (exact) mass is 264 g/mol. The number of rotatable bonds is 4. The molecule has 106 valence electrons. The molecular weight excluding hydrogens is 240 g/mol. The number of nitrogens with two attached hydrogens (primary N) is 1. The van der Waals surface area contributed by atoms with Crippen LogP contribution in [0.5, 0.6) is 5.75 Å². The highest BCUT2D eigenvalue weighted by Gasteiger charge is 2.27. The van der Waals surface area contributed by atoms with Gasteiger partial charge in [-0.2, -0.15) is 0 Å². The molecule has 1 aliphatic carbocycles. The van der Waals surface area contributed by atoms with Crippen molar-refractivity contribution in [3.8, 4) is 5.75 Å². The molecule has 0 radical (unpaired) electrons. The van der Waals surface area contributed by atoms with E-state index in [1.807, 2.05) is 32.2 Å². The molecule has 0 amide bonds. The number of benzene rings is 1. The summed E-state index contributed by atoms with van der Waals surface area (Å²) in [6.45, 7) is 2.55. The molecule has 0 saturated heterocycles. The number of likely N-dealkylation sites (N-methyl/N-ethyl adjacent to an activating group) is 1. The van der Waals surface area contributed by atoms with E-state index < -0.39 is 0 Å². The molecule has 1 saturated carbocycles. The molecule has 1 aromatic carbocycles. The molecule has 4 heteroatoms. The minimum absolute atomic E-state index is 0.187. The third kappa shape index (κ3) is 3.13. The first-order valence-corrected chi connectivity index (χ1v) is 7.06. The summed E-state index contributed by atoms with van der Waals surface area (Å²) in [7, 11) is 2.03. The molecule has 0 spiro atoms. The molecule has 19 heavy (non-hydrogen) atoms. The minimum Gasteiger partial charge on any atom is -0.492 e. The van der Waals surface area contributed by atoms with Crippen LogP contribution < -0.4 is 15.4 Å². The number of hydrogen-bond donors (Lipinski definition) is 2. The molecule has 1 aliphatic rings. The highest BCUT2D eigenvalue weighted by Crippen LogP contribution is 2.31. The van der Waals surface area contributed by atoms with E-state index in [0.29, 0.717) is 12.3 Å². The standard InChI is InChI=1S/C15H24N2O2/c1-3-19-15-10-11(8-9-12(15)16)17(2)13-6-4-5-7-14(13)18/h8-10,13-14,18H,3-7,16H2,1-2H3. The van der Waals surface area contributed by atoms with Gasteiger partial charge in [0.25, 0.3) is 0 Å². The zero-order chi connectivity index (χ0) is 13.8. The van der Waals surface area contributed by atoms with Crippen LogP contribution >= 0.6 is 0 Å². The molecule has 4 nitrogen and oxygen atoms in total. The van der Waals surface area contributed by atoms with Gasteiger partial charge in [0, 0.05) is 18.8 Å². The van der Waals surface area contributed by atoms with Crippen molar-refractivity contribution in [2.75, 3.05) is 24.3 Å². The summed E-state index contributed by atoms with van der Waals surface area (Å²) in [4.78, 5) is 2.14. The number of ether oxygens (including phenoxy) is 1. The van der Waals surface area contributed by atoms with E-state index in [9.17, 15) is 5.11 Å². The third-order valence-electron chi connectivity index (χ3n) is 3.90. The Balaban J connectivity index is 2.18. The summed E-state index contributed by atoms with van der Waals surface area (Å²) in [5.74, 6) is 0.720. The molecular formula is C15H24N2O2. The third-order valence-corrected chi connectivity index (χ3v) is 3.90. The fourth-order valence-electron chi connectivity index (χ4n) is 2.76. The van der Waals surface area contributed by atoms with Crippen LogP contribution in [0, 0.1) is 0 Å². The van der Waals surface area contributed by atoms with Gasteiger partial charge in [-0.3, -0.25) is 0 Å². The molecule has 0 aromatic heterocycles. The van der Waals surface area contributed by atoms with Gasteiger partial charge < -0.3 is 20.5 Å². The van der Waals surface area contributed by atoms with E-state index >= 15 is 0 Å². The second-order valence-corrected chi connectivity index (χ2v) is 5.19. The van der Waals surface area contributed by atoms with E-state index in [1.165, 1.54) is 6.42 Å². The SMILES string of the molecule is CCOc1cc(N(C)C2CCCCC2O)ccc1N. The number of anilines is 2. The number of aliphatic hydroxyl groups is 1. The fourth-order valence-corrected chi connectivity index (χ4v) is 2.76. The smallest absolute Gasteiger partial charge is 0.144 e. The number of nitrogen functional groups attached to an aromatic ring is 1. The average molecular weight is 264 g/mol. The van der Waals surface area contributed by atoms with Gasteiger partial charge in [-0.25, -0.2) is 0 Å². The van der Waals surface area contributed by atoms with Gasteiger partial charge in [-0.1, -0.05) is 12.8 Å². The van der Waals surface area contributed by atoms with Crippen molar-refractivity contribution in [2.45, 2.75) is 44.8 Å². The first-order valence-electron chi connectivity index (χ1n) is 7.06. The van der Waals surface area contributed by atoms with E-state index in [1.54, 1.807) is 0 Å². The molecule has 2 unspecified atom stereocenters. The Morgan fingerprint density at radius 1 is 1.37 bits per heavy atom. The quantitative estimate of drug-likeness (QED) is 0.820. The van der Waals surface area contributed by atoms with Gasteiger partial charge >= 0.3 is 0 Å². The van der Waals surface area contributed by atoms with Gasteiger partial charge in [-0.05, 0) is 31.9 Å². The number of nitrogens with zero attached hydrogens (tertiary/aromatic N) is 1. The van der Waals surface area contributed by atoms with Crippen molar-refractivity contribution >= 4 is 11.4 Å². The lowest BCUT2D eigenvalue weighted by Gasteiger charge is -2.36. The number of hydrogen-bond acceptors (Lipinski definition) is 4. The van der Waals surface area contributed by atoms with Crippen molar-refractivity contribution in [3.63, 3.8) is 0 Å². The van der Waals surface area contributed by atoms with Gasteiger partial charge in [0.05, 0.1) is 24.4 Å². The van der Waals surface area contributed by atoms with Gasteiger partial charge in [0.1, 0.15) is 5.75 Å². The van der Waals surface area contributed by atoms with Gasteiger partial charge in [0.15, 0.2) is 0 Å². The second-order valence-electron chi connectivity index (χ2n) is 5.19. The molecule has 3 N–H and O–H groups in total. The van der Waals surface area contributed by atoms with Crippen molar-refractivity contribution in [1.82, 2.24) is 0 Å². The van der Waals surface area contributed by atoms with Crippen molar-refractivity contribution < 1.29 is 9.84 Å². The Bertz CT molecular complexity index is 423. The fraction of sp³-hybridized carbons (Fsp3) is 0.600. The maximum atomic E-state index is 10.1. The number of aliphatic hydroxyl groups excluding tert-OH is 1. The molecule has 2 rings (SSSR count). The first kappa shape index (κ1) is 14.0. The zero-order valence-corrected chi connectivity index (χ0v) is 11.8. The Morgan fingerprint density at radius 2 is 2.11 bits per heavy atom. The summed E-state index contributed by atoms with van der Waals surface area (Å²) >= 11 is 0. The molecule has 1 aromatic rings. The van der Waals surface area contributed by atoms with Gasteiger partial charge in [-0.15, -0.1) is 0 Å². The predicted molar refractivity (Wildman–Crippen MR) is 78.7 cm³/mol. The normalized spacial score (nSPS) is 23.1. The zero-order valence-electron chi connectivity index (χ0n) is 11.8. The molecule has 1 fully saturated rings. The molecule has 0 bridgehead atoms. The van der Waals surface area contributed by atoms with Crippen LogP contribution in [0.2, 0.25) is 0 Å². The highest BCUT2D eigenvalue weighted by atomic mass is 16.5. The van der Waals surface area contributed by atoms with Crippen LogP contribution in [0.1, 0.15) is 32.6 Å². The highest BCUT2D eigenvalue weighted by molar-refractivity contribution is 5.62. The summed E-state index contributed by atoms with van der Waals surface area (Å²) in [6, 6.07) is 6.00. The first-order chi connectivity index (χ1) is 9.13. The van der Waals surface area contributed by atoms with E-state index in [2.05, 4.69) is 4.90 Å². The summed E-state index contributed by atoms with van der Waals surface area (Å²) < 4.78 is 5.53. The molecule has 0 heterocycles. The Hall–Kier alpha value is -1.42.